The first-order valence-corrected chi connectivity index (χ1v) is 5.07. The van der Waals surface area contributed by atoms with Crippen LogP contribution in [-0.2, 0) is 12.4 Å². The van der Waals surface area contributed by atoms with Gasteiger partial charge in [0.05, 0.1) is 11.8 Å². The normalized spacial score (nSPS) is 12.5. The zero-order valence-electron chi connectivity index (χ0n) is 9.46. The molecule has 0 aliphatic heterocycles. The summed E-state index contributed by atoms with van der Waals surface area (Å²) < 4.78 is 76.5. The number of benzene rings is 1. The number of alkyl halides is 6. The summed E-state index contributed by atoms with van der Waals surface area (Å²) in [4.78, 5) is 5.24. The Hall–Kier alpha value is -2.19. The molecule has 9 heteroatoms. The highest BCUT2D eigenvalue weighted by molar-refractivity contribution is 5.43. The highest BCUT2D eigenvalue weighted by atomic mass is 19.4. The van der Waals surface area contributed by atoms with Gasteiger partial charge in [0.1, 0.15) is 11.8 Å². The van der Waals surface area contributed by atoms with Crippen molar-refractivity contribution in [2.24, 2.45) is 0 Å². The van der Waals surface area contributed by atoms with Gasteiger partial charge in [-0.05, 0) is 18.2 Å². The van der Waals surface area contributed by atoms with Crippen LogP contribution in [0.15, 0.2) is 30.5 Å². The van der Waals surface area contributed by atoms with Crippen LogP contribution in [0.2, 0.25) is 0 Å². The Morgan fingerprint density at radius 1 is 1.05 bits per heavy atom. The number of halogens is 6. The van der Waals surface area contributed by atoms with Crippen molar-refractivity contribution in [2.75, 3.05) is 0 Å². The van der Waals surface area contributed by atoms with Gasteiger partial charge in [-0.15, -0.1) is 5.10 Å². The first kappa shape index (κ1) is 14.2. The predicted octanol–water partition coefficient (Wildman–Crippen LogP) is 3.56. The number of nitrogens with zero attached hydrogens (tertiary/aromatic N) is 2. The quantitative estimate of drug-likeness (QED) is 0.792. The third kappa shape index (κ3) is 2.86. The van der Waals surface area contributed by atoms with Crippen LogP contribution in [0.1, 0.15) is 11.1 Å². The third-order valence-electron chi connectivity index (χ3n) is 2.24. The maximum atomic E-state index is 12.9. The molecule has 1 heterocycles. The molecule has 1 radical (unpaired) electrons. The minimum Gasteiger partial charge on any atom is -0.357 e. The second kappa shape index (κ2) is 4.73. The fraction of sp³-hybridized carbons (Fsp3) is 0.182. The van der Waals surface area contributed by atoms with Gasteiger partial charge in [-0.1, -0.05) is 10.9 Å². The lowest BCUT2D eigenvalue weighted by atomic mass is 10.1. The summed E-state index contributed by atoms with van der Waals surface area (Å²) in [5, 5.41) is 3.35. The number of hydrogen-bond donors (Lipinski definition) is 0. The Balaban J connectivity index is 2.57. The maximum Gasteiger partial charge on any atom is 0.420 e. The van der Waals surface area contributed by atoms with E-state index in [-0.39, 0.29) is 0 Å². The molecule has 0 spiro atoms. The molecule has 0 saturated carbocycles. The molecule has 2 rings (SSSR count). The molecule has 0 aliphatic carbocycles. The zero-order valence-corrected chi connectivity index (χ0v) is 9.46. The second-order valence-electron chi connectivity index (χ2n) is 3.61. The molecule has 1 aromatic carbocycles. The zero-order chi connectivity index (χ0) is 15.0. The van der Waals surface area contributed by atoms with Crippen molar-refractivity contribution in [3.8, 4) is 5.75 Å². The number of aromatic nitrogens is 2. The molecule has 0 saturated heterocycles. The predicted molar refractivity (Wildman–Crippen MR) is 53.5 cm³/mol. The third-order valence-corrected chi connectivity index (χ3v) is 2.24. The largest absolute Gasteiger partial charge is 0.420 e. The van der Waals surface area contributed by atoms with Crippen molar-refractivity contribution in [1.29, 1.82) is 0 Å². The molecule has 3 nitrogen and oxygen atoms in total. The SMILES string of the molecule is FC(F)(F)c1cccc(On2cc[c]n2)c1C(F)(F)F. The molecular formula is C11H5F6N2O. The Bertz CT molecular complexity index is 588. The van der Waals surface area contributed by atoms with Crippen molar-refractivity contribution >= 4 is 0 Å². The fourth-order valence-electron chi connectivity index (χ4n) is 1.51. The molecule has 2 aromatic rings. The molecule has 0 unspecified atom stereocenters. The van der Waals surface area contributed by atoms with Gasteiger partial charge in [0.15, 0.2) is 5.75 Å². The lowest BCUT2D eigenvalue weighted by Crippen LogP contribution is -2.19. The average molecular weight is 295 g/mol. The summed E-state index contributed by atoms with van der Waals surface area (Å²) in [5.74, 6) is -0.996. The maximum absolute atomic E-state index is 12.9. The Morgan fingerprint density at radius 2 is 1.75 bits per heavy atom. The van der Waals surface area contributed by atoms with Crippen LogP contribution in [0, 0.1) is 6.20 Å². The van der Waals surface area contributed by atoms with Crippen molar-refractivity contribution in [2.45, 2.75) is 12.4 Å². The van der Waals surface area contributed by atoms with Crippen molar-refractivity contribution in [1.82, 2.24) is 9.94 Å². The Labute approximate surface area is 108 Å². The first-order chi connectivity index (χ1) is 9.19. The van der Waals surface area contributed by atoms with Gasteiger partial charge >= 0.3 is 12.4 Å². The molecule has 0 fully saturated rings. The van der Waals surface area contributed by atoms with Gasteiger partial charge in [0.25, 0.3) is 0 Å². The van der Waals surface area contributed by atoms with Gasteiger partial charge in [-0.2, -0.15) is 26.3 Å². The molecule has 1 aromatic heterocycles. The van der Waals surface area contributed by atoms with E-state index in [1.165, 1.54) is 6.07 Å². The van der Waals surface area contributed by atoms with Crippen molar-refractivity contribution in [3.63, 3.8) is 0 Å². The monoisotopic (exact) mass is 295 g/mol. The van der Waals surface area contributed by atoms with E-state index >= 15 is 0 Å². The molecule has 20 heavy (non-hydrogen) atoms. The second-order valence-corrected chi connectivity index (χ2v) is 3.61. The first-order valence-electron chi connectivity index (χ1n) is 5.07. The molecule has 0 amide bonds. The van der Waals surface area contributed by atoms with Gasteiger partial charge in [-0.25, -0.2) is 0 Å². The lowest BCUT2D eigenvalue weighted by molar-refractivity contribution is -0.163. The number of hydrogen-bond acceptors (Lipinski definition) is 2. The van der Waals surface area contributed by atoms with E-state index < -0.39 is 29.2 Å². The van der Waals surface area contributed by atoms with E-state index in [2.05, 4.69) is 16.1 Å². The minimum absolute atomic E-state index is 0.338. The summed E-state index contributed by atoms with van der Waals surface area (Å²) >= 11 is 0. The van der Waals surface area contributed by atoms with Crippen LogP contribution in [0.25, 0.3) is 0 Å². The van der Waals surface area contributed by atoms with Gasteiger partial charge in [0, 0.05) is 0 Å². The van der Waals surface area contributed by atoms with Gasteiger partial charge < -0.3 is 4.84 Å². The van der Waals surface area contributed by atoms with Crippen molar-refractivity contribution in [3.05, 3.63) is 47.8 Å². The van der Waals surface area contributed by atoms with Crippen molar-refractivity contribution < 1.29 is 31.2 Å². The van der Waals surface area contributed by atoms with Crippen LogP contribution in [0.3, 0.4) is 0 Å². The van der Waals surface area contributed by atoms with E-state index in [0.29, 0.717) is 10.9 Å². The smallest absolute Gasteiger partial charge is 0.357 e. The Kier molecular flexibility index (Phi) is 3.36. The van der Waals surface area contributed by atoms with Crippen LogP contribution in [0.4, 0.5) is 26.3 Å². The van der Waals surface area contributed by atoms with Crippen LogP contribution in [0.5, 0.6) is 5.75 Å². The highest BCUT2D eigenvalue weighted by Crippen LogP contribution is 2.44. The van der Waals surface area contributed by atoms with E-state index in [0.717, 1.165) is 18.3 Å². The van der Waals surface area contributed by atoms with Crippen LogP contribution < -0.4 is 4.84 Å². The molecular weight excluding hydrogens is 290 g/mol. The van der Waals surface area contributed by atoms with Crippen LogP contribution >= 0.6 is 0 Å². The topological polar surface area (TPSA) is 27.1 Å². The van der Waals surface area contributed by atoms with E-state index in [9.17, 15) is 26.3 Å². The standard InChI is InChI=1S/C11H5F6N2O/c12-10(13,14)7-3-1-4-8(9(7)11(15,16)17)20-19-6-2-5-18-19/h1-4,6H. The summed E-state index contributed by atoms with van der Waals surface area (Å²) in [6, 6.07) is 3.16. The molecule has 0 N–H and O–H groups in total. The van der Waals surface area contributed by atoms with E-state index in [1.807, 2.05) is 0 Å². The molecule has 107 valence electrons. The highest BCUT2D eigenvalue weighted by Gasteiger charge is 2.45. The lowest BCUT2D eigenvalue weighted by Gasteiger charge is -2.18. The molecule has 0 bridgehead atoms. The summed E-state index contributed by atoms with van der Waals surface area (Å²) in [7, 11) is 0. The molecule has 0 atom stereocenters. The van der Waals surface area contributed by atoms with E-state index in [4.69, 9.17) is 0 Å². The van der Waals surface area contributed by atoms with E-state index in [1.54, 1.807) is 0 Å². The summed E-state index contributed by atoms with van der Waals surface area (Å²) in [5.41, 5.74) is -3.72. The van der Waals surface area contributed by atoms with Gasteiger partial charge in [-0.3, -0.25) is 0 Å². The summed E-state index contributed by atoms with van der Waals surface area (Å²) in [6.07, 6.45) is -7.04. The van der Waals surface area contributed by atoms with Gasteiger partial charge in [0.2, 0.25) is 0 Å². The molecule has 0 aliphatic rings. The minimum atomic E-state index is -5.22. The summed E-state index contributed by atoms with van der Waals surface area (Å²) in [6.45, 7) is 0. The Morgan fingerprint density at radius 3 is 2.25 bits per heavy atom. The number of rotatable bonds is 2. The van der Waals surface area contributed by atoms with Crippen LogP contribution in [-0.4, -0.2) is 9.94 Å². The fourth-order valence-corrected chi connectivity index (χ4v) is 1.51. The average Bonchev–Trinajstić information content (AvgIpc) is 2.79.